The smallest absolute Gasteiger partial charge is 0.260 e. The first-order valence-corrected chi connectivity index (χ1v) is 6.77. The van der Waals surface area contributed by atoms with Crippen molar-refractivity contribution in [3.63, 3.8) is 0 Å². The molecule has 1 fully saturated rings. The van der Waals surface area contributed by atoms with E-state index in [1.165, 1.54) is 5.56 Å². The van der Waals surface area contributed by atoms with Crippen molar-refractivity contribution < 1.29 is 14.6 Å². The van der Waals surface area contributed by atoms with E-state index in [1.807, 2.05) is 31.2 Å². The number of carbonyl (C=O) groups excluding carboxylic acids is 1. The Labute approximate surface area is 114 Å². The molecule has 0 saturated carbocycles. The van der Waals surface area contributed by atoms with E-state index in [0.29, 0.717) is 6.54 Å². The van der Waals surface area contributed by atoms with Crippen molar-refractivity contribution in [1.82, 2.24) is 4.90 Å². The third-order valence-corrected chi connectivity index (χ3v) is 3.51. The number of aliphatic hydroxyl groups excluding tert-OH is 1. The molecule has 19 heavy (non-hydrogen) atoms. The van der Waals surface area contributed by atoms with Crippen molar-refractivity contribution in [1.29, 1.82) is 0 Å². The Morgan fingerprint density at radius 2 is 2.16 bits per heavy atom. The minimum atomic E-state index is -0.00118. The van der Waals surface area contributed by atoms with Crippen LogP contribution in [-0.4, -0.2) is 42.2 Å². The zero-order valence-electron chi connectivity index (χ0n) is 11.3. The van der Waals surface area contributed by atoms with Gasteiger partial charge in [0, 0.05) is 19.7 Å². The molecule has 1 unspecified atom stereocenters. The molecular formula is C15H21NO3. The van der Waals surface area contributed by atoms with Crippen molar-refractivity contribution in [3.8, 4) is 5.75 Å². The molecule has 0 radical (unpaired) electrons. The molecule has 1 heterocycles. The Morgan fingerprint density at radius 1 is 1.42 bits per heavy atom. The molecule has 2 rings (SSSR count). The maximum atomic E-state index is 12.0. The molecule has 104 valence electrons. The van der Waals surface area contributed by atoms with Gasteiger partial charge in [-0.3, -0.25) is 4.79 Å². The van der Waals surface area contributed by atoms with E-state index in [-0.39, 0.29) is 25.0 Å². The predicted molar refractivity (Wildman–Crippen MR) is 73.1 cm³/mol. The predicted octanol–water partition coefficient (Wildman–Crippen LogP) is 1.60. The van der Waals surface area contributed by atoms with Crippen LogP contribution in [0.1, 0.15) is 18.4 Å². The average molecular weight is 263 g/mol. The second-order valence-electron chi connectivity index (χ2n) is 5.13. The van der Waals surface area contributed by atoms with E-state index in [4.69, 9.17) is 9.84 Å². The van der Waals surface area contributed by atoms with E-state index >= 15 is 0 Å². The molecule has 4 heteroatoms. The van der Waals surface area contributed by atoms with Gasteiger partial charge in [0.05, 0.1) is 0 Å². The Morgan fingerprint density at radius 3 is 2.84 bits per heavy atom. The molecule has 0 aliphatic carbocycles. The number of ether oxygens (including phenoxy) is 1. The normalized spacial score (nSPS) is 19.3. The first kappa shape index (κ1) is 13.9. The molecule has 1 N–H and O–H groups in total. The number of likely N-dealkylation sites (tertiary alicyclic amines) is 1. The maximum Gasteiger partial charge on any atom is 0.260 e. The summed E-state index contributed by atoms with van der Waals surface area (Å²) in [5, 5.41) is 9.16. The van der Waals surface area contributed by atoms with Crippen LogP contribution in [0.25, 0.3) is 0 Å². The summed E-state index contributed by atoms with van der Waals surface area (Å²) in [6, 6.07) is 7.66. The third kappa shape index (κ3) is 3.96. The second kappa shape index (κ2) is 6.57. The van der Waals surface area contributed by atoms with Crippen molar-refractivity contribution >= 4 is 5.91 Å². The highest BCUT2D eigenvalue weighted by molar-refractivity contribution is 5.77. The SMILES string of the molecule is Cc1ccc(OCC(=O)N2CCCC(CO)C2)cc1. The third-order valence-electron chi connectivity index (χ3n) is 3.51. The quantitative estimate of drug-likeness (QED) is 0.897. The number of hydrogen-bond donors (Lipinski definition) is 1. The second-order valence-corrected chi connectivity index (χ2v) is 5.13. The Kier molecular flexibility index (Phi) is 4.80. The summed E-state index contributed by atoms with van der Waals surface area (Å²) >= 11 is 0. The molecule has 0 aromatic heterocycles. The van der Waals surface area contributed by atoms with Crippen molar-refractivity contribution in [3.05, 3.63) is 29.8 Å². The van der Waals surface area contributed by atoms with Crippen LogP contribution in [-0.2, 0) is 4.79 Å². The molecule has 1 saturated heterocycles. The highest BCUT2D eigenvalue weighted by atomic mass is 16.5. The number of amides is 1. The first-order valence-electron chi connectivity index (χ1n) is 6.77. The van der Waals surface area contributed by atoms with Gasteiger partial charge < -0.3 is 14.7 Å². The molecule has 1 aromatic rings. The molecule has 1 amide bonds. The number of piperidine rings is 1. The van der Waals surface area contributed by atoms with Crippen LogP contribution < -0.4 is 4.74 Å². The van der Waals surface area contributed by atoms with Crippen LogP contribution in [0, 0.1) is 12.8 Å². The van der Waals surface area contributed by atoms with Gasteiger partial charge in [-0.1, -0.05) is 17.7 Å². The van der Waals surface area contributed by atoms with Crippen LogP contribution in [0.15, 0.2) is 24.3 Å². The first-order chi connectivity index (χ1) is 9.19. The standard InChI is InChI=1S/C15H21NO3/c1-12-4-6-14(7-5-12)19-11-15(18)16-8-2-3-13(9-16)10-17/h4-7,13,17H,2-3,8-11H2,1H3. The lowest BCUT2D eigenvalue weighted by molar-refractivity contribution is -0.135. The zero-order chi connectivity index (χ0) is 13.7. The Hall–Kier alpha value is -1.55. The van der Waals surface area contributed by atoms with Gasteiger partial charge in [-0.15, -0.1) is 0 Å². The van der Waals surface area contributed by atoms with Crippen molar-refractivity contribution in [2.24, 2.45) is 5.92 Å². The summed E-state index contributed by atoms with van der Waals surface area (Å²) in [6.07, 6.45) is 1.96. The Bertz CT molecular complexity index is 416. The van der Waals surface area contributed by atoms with Gasteiger partial charge in [0.2, 0.25) is 0 Å². The van der Waals surface area contributed by atoms with E-state index < -0.39 is 0 Å². The molecular weight excluding hydrogens is 242 g/mol. The van der Waals surface area contributed by atoms with Crippen molar-refractivity contribution in [2.45, 2.75) is 19.8 Å². The fourth-order valence-electron chi connectivity index (χ4n) is 2.31. The van der Waals surface area contributed by atoms with E-state index in [9.17, 15) is 4.79 Å². The lowest BCUT2D eigenvalue weighted by atomic mass is 9.99. The minimum Gasteiger partial charge on any atom is -0.484 e. The number of hydrogen-bond acceptors (Lipinski definition) is 3. The number of aryl methyl sites for hydroxylation is 1. The van der Waals surface area contributed by atoms with Crippen LogP contribution >= 0.6 is 0 Å². The summed E-state index contributed by atoms with van der Waals surface area (Å²) in [6.45, 7) is 3.65. The number of rotatable bonds is 4. The molecule has 4 nitrogen and oxygen atoms in total. The Balaban J connectivity index is 1.82. The van der Waals surface area contributed by atoms with E-state index in [1.54, 1.807) is 4.90 Å². The highest BCUT2D eigenvalue weighted by Gasteiger charge is 2.23. The summed E-state index contributed by atoms with van der Waals surface area (Å²) in [4.78, 5) is 13.8. The van der Waals surface area contributed by atoms with E-state index in [2.05, 4.69) is 0 Å². The summed E-state index contributed by atoms with van der Waals surface area (Å²) in [5.74, 6) is 0.936. The number of benzene rings is 1. The monoisotopic (exact) mass is 263 g/mol. The average Bonchev–Trinajstić information content (AvgIpc) is 2.46. The van der Waals surface area contributed by atoms with Gasteiger partial charge in [0.15, 0.2) is 6.61 Å². The zero-order valence-corrected chi connectivity index (χ0v) is 11.3. The lowest BCUT2D eigenvalue weighted by Crippen LogP contribution is -2.43. The highest BCUT2D eigenvalue weighted by Crippen LogP contribution is 2.16. The molecule has 0 spiro atoms. The van der Waals surface area contributed by atoms with Crippen LogP contribution in [0.5, 0.6) is 5.75 Å². The topological polar surface area (TPSA) is 49.8 Å². The van der Waals surface area contributed by atoms with Gasteiger partial charge >= 0.3 is 0 Å². The lowest BCUT2D eigenvalue weighted by Gasteiger charge is -2.31. The maximum absolute atomic E-state index is 12.0. The fraction of sp³-hybridized carbons (Fsp3) is 0.533. The van der Waals surface area contributed by atoms with Gasteiger partial charge in [-0.2, -0.15) is 0 Å². The van der Waals surface area contributed by atoms with Crippen LogP contribution in [0.4, 0.5) is 0 Å². The van der Waals surface area contributed by atoms with Gasteiger partial charge in [-0.05, 0) is 37.8 Å². The molecule has 1 aliphatic heterocycles. The van der Waals surface area contributed by atoms with Crippen LogP contribution in [0.2, 0.25) is 0 Å². The number of carbonyl (C=O) groups is 1. The number of aliphatic hydroxyl groups is 1. The summed E-state index contributed by atoms with van der Waals surface area (Å²) in [5.41, 5.74) is 1.17. The molecule has 1 aromatic carbocycles. The molecule has 1 atom stereocenters. The molecule has 0 bridgehead atoms. The van der Waals surface area contributed by atoms with Gasteiger partial charge in [0.25, 0.3) is 5.91 Å². The van der Waals surface area contributed by atoms with Crippen LogP contribution in [0.3, 0.4) is 0 Å². The fourth-order valence-corrected chi connectivity index (χ4v) is 2.31. The summed E-state index contributed by atoms with van der Waals surface area (Å²) < 4.78 is 5.49. The largest absolute Gasteiger partial charge is 0.484 e. The van der Waals surface area contributed by atoms with E-state index in [0.717, 1.165) is 25.1 Å². The van der Waals surface area contributed by atoms with Crippen molar-refractivity contribution in [2.75, 3.05) is 26.3 Å². The number of nitrogens with zero attached hydrogens (tertiary/aromatic N) is 1. The van der Waals surface area contributed by atoms with Gasteiger partial charge in [-0.25, -0.2) is 0 Å². The van der Waals surface area contributed by atoms with Gasteiger partial charge in [0.1, 0.15) is 5.75 Å². The molecule has 1 aliphatic rings. The minimum absolute atomic E-state index is 0.00118. The summed E-state index contributed by atoms with van der Waals surface area (Å²) in [7, 11) is 0.